The highest BCUT2D eigenvalue weighted by atomic mass is 16.6. The van der Waals surface area contributed by atoms with Gasteiger partial charge in [-0.1, -0.05) is 6.07 Å². The number of rotatable bonds is 3. The van der Waals surface area contributed by atoms with Gasteiger partial charge in [0.1, 0.15) is 17.1 Å². The third-order valence-corrected chi connectivity index (χ3v) is 2.09. The van der Waals surface area contributed by atoms with Crippen LogP contribution in [0.1, 0.15) is 32.8 Å². The zero-order valence-electron chi connectivity index (χ0n) is 10.4. The summed E-state index contributed by atoms with van der Waals surface area (Å²) in [6.45, 7) is 5.43. The molecule has 4 nitrogen and oxygen atoms in total. The highest BCUT2D eigenvalue weighted by Gasteiger charge is 2.16. The van der Waals surface area contributed by atoms with E-state index in [4.69, 9.17) is 9.84 Å². The minimum atomic E-state index is -0.492. The number of esters is 1. The molecule has 0 amide bonds. The van der Waals surface area contributed by atoms with Gasteiger partial charge < -0.3 is 14.9 Å². The lowest BCUT2D eigenvalue weighted by atomic mass is 10.1. The topological polar surface area (TPSA) is 66.8 Å². The van der Waals surface area contributed by atoms with Crippen LogP contribution in [0.2, 0.25) is 0 Å². The summed E-state index contributed by atoms with van der Waals surface area (Å²) in [6.07, 6.45) is 0.594. The first-order valence-electron chi connectivity index (χ1n) is 5.50. The zero-order valence-corrected chi connectivity index (χ0v) is 10.4. The van der Waals surface area contributed by atoms with E-state index in [1.165, 1.54) is 12.1 Å². The maximum Gasteiger partial charge on any atom is 0.306 e. The number of hydrogen-bond acceptors (Lipinski definition) is 4. The van der Waals surface area contributed by atoms with Crippen molar-refractivity contribution in [3.05, 3.63) is 23.8 Å². The van der Waals surface area contributed by atoms with Crippen molar-refractivity contribution < 1.29 is 19.7 Å². The van der Waals surface area contributed by atoms with Crippen molar-refractivity contribution in [3.8, 4) is 11.5 Å². The van der Waals surface area contributed by atoms with Crippen molar-refractivity contribution in [3.63, 3.8) is 0 Å². The molecule has 0 radical (unpaired) electrons. The molecule has 0 aromatic heterocycles. The van der Waals surface area contributed by atoms with Gasteiger partial charge >= 0.3 is 5.97 Å². The van der Waals surface area contributed by atoms with Gasteiger partial charge in [0.25, 0.3) is 0 Å². The second-order valence-electron chi connectivity index (χ2n) is 4.90. The number of aryl methyl sites for hydroxylation is 1. The Morgan fingerprint density at radius 2 is 1.94 bits per heavy atom. The molecule has 0 saturated heterocycles. The number of ether oxygens (including phenoxy) is 1. The van der Waals surface area contributed by atoms with Gasteiger partial charge in [0.05, 0.1) is 0 Å². The van der Waals surface area contributed by atoms with Crippen LogP contribution in [-0.2, 0) is 16.0 Å². The SMILES string of the molecule is CC(C)(C)OC(=O)CCc1ccc(O)cc1O. The number of carbonyl (C=O) groups is 1. The third kappa shape index (κ3) is 4.76. The fourth-order valence-electron chi connectivity index (χ4n) is 1.39. The van der Waals surface area contributed by atoms with Gasteiger partial charge in [-0.15, -0.1) is 0 Å². The van der Waals surface area contributed by atoms with Gasteiger partial charge in [-0.25, -0.2) is 0 Å². The Kier molecular flexibility index (Phi) is 3.99. The van der Waals surface area contributed by atoms with E-state index < -0.39 is 5.60 Å². The van der Waals surface area contributed by atoms with Crippen molar-refractivity contribution in [1.29, 1.82) is 0 Å². The molecular formula is C13H18O4. The van der Waals surface area contributed by atoms with Crippen molar-refractivity contribution in [2.75, 3.05) is 0 Å². The summed E-state index contributed by atoms with van der Waals surface area (Å²) < 4.78 is 5.15. The van der Waals surface area contributed by atoms with E-state index in [-0.39, 0.29) is 23.9 Å². The lowest BCUT2D eigenvalue weighted by molar-refractivity contribution is -0.154. The molecule has 1 aromatic carbocycles. The summed E-state index contributed by atoms with van der Waals surface area (Å²) in [5, 5.41) is 18.6. The first kappa shape index (κ1) is 13.4. The Labute approximate surface area is 101 Å². The van der Waals surface area contributed by atoms with Crippen LogP contribution in [0.25, 0.3) is 0 Å². The minimum absolute atomic E-state index is 0.00326. The van der Waals surface area contributed by atoms with Gasteiger partial charge in [-0.05, 0) is 38.8 Å². The molecule has 2 N–H and O–H groups in total. The van der Waals surface area contributed by atoms with Crippen LogP contribution >= 0.6 is 0 Å². The summed E-state index contributed by atoms with van der Waals surface area (Å²) in [5.74, 6) is -0.304. The Balaban J connectivity index is 2.53. The quantitative estimate of drug-likeness (QED) is 0.793. The fourth-order valence-corrected chi connectivity index (χ4v) is 1.39. The summed E-state index contributed by atoms with van der Waals surface area (Å²) in [6, 6.07) is 4.32. The molecule has 1 aromatic rings. The molecule has 0 bridgehead atoms. The van der Waals surface area contributed by atoms with Crippen molar-refractivity contribution in [2.45, 2.75) is 39.2 Å². The molecule has 1 rings (SSSR count). The highest BCUT2D eigenvalue weighted by molar-refractivity contribution is 5.70. The first-order chi connectivity index (χ1) is 7.78. The standard InChI is InChI=1S/C13H18O4/c1-13(2,3)17-12(16)7-5-9-4-6-10(14)8-11(9)15/h4,6,8,14-15H,5,7H2,1-3H3. The molecule has 17 heavy (non-hydrogen) atoms. The maximum atomic E-state index is 11.5. The van der Waals surface area contributed by atoms with E-state index in [0.29, 0.717) is 12.0 Å². The molecule has 0 heterocycles. The van der Waals surface area contributed by atoms with Crippen LogP contribution in [0.15, 0.2) is 18.2 Å². The summed E-state index contributed by atoms with van der Waals surface area (Å²) in [7, 11) is 0. The molecule has 0 unspecified atom stereocenters. The molecule has 0 aliphatic rings. The lowest BCUT2D eigenvalue weighted by Crippen LogP contribution is -2.24. The van der Waals surface area contributed by atoms with E-state index in [9.17, 15) is 9.90 Å². The van der Waals surface area contributed by atoms with E-state index in [1.54, 1.807) is 6.07 Å². The highest BCUT2D eigenvalue weighted by Crippen LogP contribution is 2.23. The second-order valence-corrected chi connectivity index (χ2v) is 4.90. The van der Waals surface area contributed by atoms with Gasteiger partial charge in [0.15, 0.2) is 0 Å². The number of aromatic hydroxyl groups is 2. The monoisotopic (exact) mass is 238 g/mol. The molecule has 0 fully saturated rings. The molecule has 0 aliphatic heterocycles. The van der Waals surface area contributed by atoms with Crippen LogP contribution in [0, 0.1) is 0 Å². The van der Waals surface area contributed by atoms with E-state index in [0.717, 1.165) is 0 Å². The number of phenols is 2. The van der Waals surface area contributed by atoms with Crippen molar-refractivity contribution >= 4 is 5.97 Å². The summed E-state index contributed by atoms with van der Waals surface area (Å²) in [5.41, 5.74) is 0.127. The van der Waals surface area contributed by atoms with E-state index in [2.05, 4.69) is 0 Å². The Hall–Kier alpha value is -1.71. The molecule has 0 spiro atoms. The maximum absolute atomic E-state index is 11.5. The molecular weight excluding hydrogens is 220 g/mol. The second kappa shape index (κ2) is 5.08. The van der Waals surface area contributed by atoms with Crippen molar-refractivity contribution in [2.24, 2.45) is 0 Å². The molecule has 0 saturated carbocycles. The predicted octanol–water partition coefficient (Wildman–Crippen LogP) is 2.37. The van der Waals surface area contributed by atoms with Crippen LogP contribution in [0.3, 0.4) is 0 Å². The number of hydrogen-bond donors (Lipinski definition) is 2. The number of phenolic OH excluding ortho intramolecular Hbond substituents is 2. The van der Waals surface area contributed by atoms with Crippen molar-refractivity contribution in [1.82, 2.24) is 0 Å². The zero-order chi connectivity index (χ0) is 13.1. The van der Waals surface area contributed by atoms with Crippen LogP contribution in [0.5, 0.6) is 11.5 Å². The molecule has 94 valence electrons. The Morgan fingerprint density at radius 3 is 2.47 bits per heavy atom. The number of benzene rings is 1. The lowest BCUT2D eigenvalue weighted by Gasteiger charge is -2.19. The van der Waals surface area contributed by atoms with Crippen LogP contribution < -0.4 is 0 Å². The number of carbonyl (C=O) groups excluding carboxylic acids is 1. The normalized spacial score (nSPS) is 11.2. The van der Waals surface area contributed by atoms with Gasteiger partial charge in [0.2, 0.25) is 0 Å². The molecule has 0 atom stereocenters. The van der Waals surface area contributed by atoms with E-state index in [1.807, 2.05) is 20.8 Å². The van der Waals surface area contributed by atoms with Gasteiger partial charge in [-0.2, -0.15) is 0 Å². The van der Waals surface area contributed by atoms with Gasteiger partial charge in [0, 0.05) is 12.5 Å². The first-order valence-corrected chi connectivity index (χ1v) is 5.50. The summed E-state index contributed by atoms with van der Waals surface area (Å²) in [4.78, 5) is 11.5. The van der Waals surface area contributed by atoms with E-state index >= 15 is 0 Å². The smallest absolute Gasteiger partial charge is 0.306 e. The molecule has 4 heteroatoms. The predicted molar refractivity (Wildman–Crippen MR) is 63.9 cm³/mol. The van der Waals surface area contributed by atoms with Gasteiger partial charge in [-0.3, -0.25) is 4.79 Å². The fraction of sp³-hybridized carbons (Fsp3) is 0.462. The van der Waals surface area contributed by atoms with Crippen LogP contribution in [0.4, 0.5) is 0 Å². The Morgan fingerprint density at radius 1 is 1.29 bits per heavy atom. The average molecular weight is 238 g/mol. The molecule has 0 aliphatic carbocycles. The summed E-state index contributed by atoms with van der Waals surface area (Å²) >= 11 is 0. The third-order valence-electron chi connectivity index (χ3n) is 2.09. The minimum Gasteiger partial charge on any atom is -0.508 e. The largest absolute Gasteiger partial charge is 0.508 e. The average Bonchev–Trinajstić information content (AvgIpc) is 2.13. The Bertz CT molecular complexity index is 404. The van der Waals surface area contributed by atoms with Crippen LogP contribution in [-0.4, -0.2) is 21.8 Å².